The summed E-state index contributed by atoms with van der Waals surface area (Å²) in [5.41, 5.74) is 0. The van der Waals surface area contributed by atoms with Crippen LogP contribution in [0.4, 0.5) is 0 Å². The average molecular weight is 504 g/mol. The molecule has 0 amide bonds. The van der Waals surface area contributed by atoms with Crippen LogP contribution < -0.4 is 0 Å². The molecule has 2 fully saturated rings. The molecule has 2 aliphatic heterocycles. The third-order valence-electron chi connectivity index (χ3n) is 7.14. The molecule has 0 aromatic heterocycles. The van der Waals surface area contributed by atoms with Gasteiger partial charge >= 0.3 is 0 Å². The Morgan fingerprint density at radius 1 is 0.486 bits per heavy atom. The highest BCUT2D eigenvalue weighted by atomic mass is 15.1. The normalized spacial score (nSPS) is 15.9. The third kappa shape index (κ3) is 18.1. The first kappa shape index (κ1) is 31.3. The summed E-state index contributed by atoms with van der Waals surface area (Å²) in [4.78, 5) is 7.39. The quantitative estimate of drug-likeness (QED) is 0.219. The molecule has 204 valence electrons. The van der Waals surface area contributed by atoms with Crippen LogP contribution >= 0.6 is 0 Å². The van der Waals surface area contributed by atoms with Gasteiger partial charge in [-0.25, -0.2) is 0 Å². The first-order valence-corrected chi connectivity index (χ1v) is 15.4. The summed E-state index contributed by atoms with van der Waals surface area (Å²) in [6.07, 6.45) is 19.2. The van der Waals surface area contributed by atoms with Crippen molar-refractivity contribution in [1.82, 2.24) is 14.7 Å². The highest BCUT2D eigenvalue weighted by molar-refractivity contribution is 5.06. The van der Waals surface area contributed by atoms with Gasteiger partial charge in [0.2, 0.25) is 0 Å². The van der Waals surface area contributed by atoms with Crippen LogP contribution in [0.15, 0.2) is 0 Å². The Kier molecular flexibility index (Phi) is 19.7. The predicted molar refractivity (Wildman–Crippen MR) is 160 cm³/mol. The maximum Gasteiger partial charge on any atom is 0.0609 e. The van der Waals surface area contributed by atoms with Crippen LogP contribution in [0.2, 0.25) is 0 Å². The molecule has 0 atom stereocenters. The minimum atomic E-state index is 0.844. The van der Waals surface area contributed by atoms with E-state index in [0.717, 1.165) is 84.1 Å². The fourth-order valence-corrected chi connectivity index (χ4v) is 4.71. The summed E-state index contributed by atoms with van der Waals surface area (Å²) >= 11 is 0. The van der Waals surface area contributed by atoms with Crippen molar-refractivity contribution >= 4 is 0 Å². The SMILES string of the molecule is CCCCN(CC#CCCCCC#CCN1CCCCC1)CC#CCCCCC#CCN1CCCCC1. The number of unbranched alkanes of at least 4 members (excludes halogenated alkanes) is 7. The van der Waals surface area contributed by atoms with Crippen molar-refractivity contribution in [1.29, 1.82) is 0 Å². The molecular weight excluding hydrogens is 450 g/mol. The van der Waals surface area contributed by atoms with Crippen molar-refractivity contribution < 1.29 is 0 Å². The molecule has 0 bridgehead atoms. The minimum Gasteiger partial charge on any atom is -0.292 e. The smallest absolute Gasteiger partial charge is 0.0609 e. The first-order valence-electron chi connectivity index (χ1n) is 15.4. The van der Waals surface area contributed by atoms with E-state index in [0.29, 0.717) is 0 Å². The second-order valence-electron chi connectivity index (χ2n) is 10.6. The molecule has 2 aliphatic rings. The maximum atomic E-state index is 3.39. The van der Waals surface area contributed by atoms with Gasteiger partial charge in [0.1, 0.15) is 0 Å². The lowest BCUT2D eigenvalue weighted by molar-refractivity contribution is 0.255. The maximum absolute atomic E-state index is 3.39. The van der Waals surface area contributed by atoms with Crippen LogP contribution in [-0.2, 0) is 0 Å². The molecule has 0 aromatic rings. The highest BCUT2D eigenvalue weighted by Crippen LogP contribution is 2.08. The summed E-state index contributed by atoms with van der Waals surface area (Å²) < 4.78 is 0. The van der Waals surface area contributed by atoms with Gasteiger partial charge in [-0.05, 0) is 84.0 Å². The van der Waals surface area contributed by atoms with E-state index in [9.17, 15) is 0 Å². The van der Waals surface area contributed by atoms with Gasteiger partial charge in [-0.1, -0.05) is 49.9 Å². The number of hydrogen-bond donors (Lipinski definition) is 0. The van der Waals surface area contributed by atoms with E-state index in [2.05, 4.69) is 69.0 Å². The van der Waals surface area contributed by atoms with Gasteiger partial charge in [0.05, 0.1) is 26.2 Å². The largest absolute Gasteiger partial charge is 0.292 e. The summed E-state index contributed by atoms with van der Waals surface area (Å²) in [6.45, 7) is 11.9. The molecule has 0 spiro atoms. The summed E-state index contributed by atoms with van der Waals surface area (Å²) in [5.74, 6) is 27.0. The molecule has 3 heteroatoms. The van der Waals surface area contributed by atoms with Crippen LogP contribution in [0.3, 0.4) is 0 Å². The molecule has 2 rings (SSSR count). The molecule has 37 heavy (non-hydrogen) atoms. The van der Waals surface area contributed by atoms with E-state index >= 15 is 0 Å². The molecule has 3 nitrogen and oxygen atoms in total. The van der Waals surface area contributed by atoms with E-state index in [1.807, 2.05) is 0 Å². The van der Waals surface area contributed by atoms with E-state index < -0.39 is 0 Å². The van der Waals surface area contributed by atoms with Gasteiger partial charge in [-0.2, -0.15) is 0 Å². The van der Waals surface area contributed by atoms with E-state index in [1.165, 1.54) is 77.5 Å². The molecule has 0 N–H and O–H groups in total. The number of rotatable bonds is 13. The van der Waals surface area contributed by atoms with Crippen LogP contribution in [0, 0.1) is 47.4 Å². The van der Waals surface area contributed by atoms with Crippen molar-refractivity contribution in [3.8, 4) is 47.4 Å². The monoisotopic (exact) mass is 503 g/mol. The van der Waals surface area contributed by atoms with E-state index in [1.54, 1.807) is 0 Å². The number of nitrogens with zero attached hydrogens (tertiary/aromatic N) is 3. The molecule has 0 saturated carbocycles. The van der Waals surface area contributed by atoms with Crippen LogP contribution in [-0.4, -0.2) is 73.6 Å². The van der Waals surface area contributed by atoms with Gasteiger partial charge in [0.15, 0.2) is 0 Å². The van der Waals surface area contributed by atoms with E-state index in [-0.39, 0.29) is 0 Å². The second-order valence-corrected chi connectivity index (χ2v) is 10.6. The van der Waals surface area contributed by atoms with E-state index in [4.69, 9.17) is 0 Å². The molecule has 0 aliphatic carbocycles. The topological polar surface area (TPSA) is 9.72 Å². The molecule has 2 heterocycles. The zero-order chi connectivity index (χ0) is 26.1. The van der Waals surface area contributed by atoms with Crippen molar-refractivity contribution in [3.05, 3.63) is 0 Å². The van der Waals surface area contributed by atoms with Gasteiger partial charge < -0.3 is 0 Å². The molecule has 0 aromatic carbocycles. The lowest BCUT2D eigenvalue weighted by Crippen LogP contribution is -2.29. The van der Waals surface area contributed by atoms with Crippen LogP contribution in [0.5, 0.6) is 0 Å². The lowest BCUT2D eigenvalue weighted by atomic mass is 10.1. The van der Waals surface area contributed by atoms with Crippen LogP contribution in [0.1, 0.15) is 110 Å². The highest BCUT2D eigenvalue weighted by Gasteiger charge is 2.08. The summed E-state index contributed by atoms with van der Waals surface area (Å²) in [7, 11) is 0. The van der Waals surface area contributed by atoms with Gasteiger partial charge in [-0.3, -0.25) is 14.7 Å². The summed E-state index contributed by atoms with van der Waals surface area (Å²) in [6, 6.07) is 0. The van der Waals surface area contributed by atoms with Gasteiger partial charge in [0.25, 0.3) is 0 Å². The van der Waals surface area contributed by atoms with Gasteiger partial charge in [-0.15, -0.1) is 23.7 Å². The molecule has 2 saturated heterocycles. The number of likely N-dealkylation sites (tertiary alicyclic amines) is 2. The molecule has 0 radical (unpaired) electrons. The standard InChI is InChI=1S/C34H53N3/c1-2-3-26-35(27-18-12-8-4-6-10-14-20-29-36-31-22-16-23-32-36)28-19-13-9-5-7-11-15-21-30-37-33-24-17-25-34-37/h2-11,16-17,22-34H2,1H3. The Morgan fingerprint density at radius 2 is 0.892 bits per heavy atom. The van der Waals surface area contributed by atoms with Crippen molar-refractivity contribution in [2.24, 2.45) is 0 Å². The molecular formula is C34H53N3. The van der Waals surface area contributed by atoms with Crippen molar-refractivity contribution in [2.75, 3.05) is 58.9 Å². The minimum absolute atomic E-state index is 0.844. The fourth-order valence-electron chi connectivity index (χ4n) is 4.71. The number of piperidine rings is 2. The van der Waals surface area contributed by atoms with Crippen molar-refractivity contribution in [2.45, 2.75) is 110 Å². The average Bonchev–Trinajstić information content (AvgIpc) is 2.94. The predicted octanol–water partition coefficient (Wildman–Crippen LogP) is 6.19. The molecule has 0 unspecified atom stereocenters. The fraction of sp³-hybridized carbons (Fsp3) is 0.765. The zero-order valence-corrected chi connectivity index (χ0v) is 24.0. The van der Waals surface area contributed by atoms with Crippen LogP contribution in [0.25, 0.3) is 0 Å². The Hall–Kier alpha value is -1.88. The Balaban J connectivity index is 1.49. The zero-order valence-electron chi connectivity index (χ0n) is 24.0. The lowest BCUT2D eigenvalue weighted by Gasteiger charge is -2.23. The Labute approximate surface area is 230 Å². The Bertz CT molecular complexity index is 738. The first-order chi connectivity index (χ1) is 18.4. The van der Waals surface area contributed by atoms with Crippen molar-refractivity contribution in [3.63, 3.8) is 0 Å². The third-order valence-corrected chi connectivity index (χ3v) is 7.14. The summed E-state index contributed by atoms with van der Waals surface area (Å²) in [5, 5.41) is 0. The Morgan fingerprint density at radius 3 is 1.30 bits per heavy atom. The number of hydrogen-bond acceptors (Lipinski definition) is 3. The van der Waals surface area contributed by atoms with Gasteiger partial charge in [0, 0.05) is 32.2 Å². The second kappa shape index (κ2) is 23.3.